The van der Waals surface area contributed by atoms with Crippen LogP contribution in [0.2, 0.25) is 0 Å². The molecule has 1 heteroatoms. The van der Waals surface area contributed by atoms with Crippen molar-refractivity contribution in [2.45, 2.75) is 31.8 Å². The third kappa shape index (κ3) is 0.378. The standard InChI is InChI=1S/C9H14O/c1-9(10)6-2-5-3-8(9)7(5)4-6/h5-8,10H,2-4H2,1H3/t5-,6-,7-,8-,9-/m0/s1. The van der Waals surface area contributed by atoms with Crippen molar-refractivity contribution in [3.8, 4) is 0 Å². The van der Waals surface area contributed by atoms with Crippen LogP contribution in [0.25, 0.3) is 0 Å². The average molecular weight is 138 g/mol. The molecule has 0 aliphatic heterocycles. The van der Waals surface area contributed by atoms with E-state index in [1.807, 2.05) is 0 Å². The molecule has 2 bridgehead atoms. The predicted molar refractivity (Wildman–Crippen MR) is 38.4 cm³/mol. The second-order valence-electron chi connectivity index (χ2n) is 4.66. The lowest BCUT2D eigenvalue weighted by atomic mass is 9.58. The quantitative estimate of drug-likeness (QED) is 0.536. The van der Waals surface area contributed by atoms with Gasteiger partial charge in [0, 0.05) is 0 Å². The summed E-state index contributed by atoms with van der Waals surface area (Å²) in [5, 5.41) is 9.99. The molecule has 0 radical (unpaired) electrons. The lowest BCUT2D eigenvalue weighted by Crippen LogP contribution is -2.50. The van der Waals surface area contributed by atoms with Crippen molar-refractivity contribution in [3.63, 3.8) is 0 Å². The largest absolute Gasteiger partial charge is 0.390 e. The van der Waals surface area contributed by atoms with Crippen LogP contribution >= 0.6 is 0 Å². The molecule has 3 saturated carbocycles. The van der Waals surface area contributed by atoms with E-state index in [1.54, 1.807) is 0 Å². The normalized spacial score (nSPS) is 70.2. The van der Waals surface area contributed by atoms with E-state index in [0.29, 0.717) is 11.8 Å². The fraction of sp³-hybridized carbons (Fsp3) is 1.00. The van der Waals surface area contributed by atoms with Gasteiger partial charge in [0.15, 0.2) is 0 Å². The molecule has 3 rings (SSSR count). The Morgan fingerprint density at radius 1 is 1.30 bits per heavy atom. The summed E-state index contributed by atoms with van der Waals surface area (Å²) in [6.45, 7) is 2.05. The molecule has 3 aliphatic rings. The first-order valence-electron chi connectivity index (χ1n) is 4.42. The van der Waals surface area contributed by atoms with Gasteiger partial charge in [0.25, 0.3) is 0 Å². The maximum absolute atomic E-state index is 9.99. The molecule has 0 amide bonds. The van der Waals surface area contributed by atoms with Gasteiger partial charge in [-0.3, -0.25) is 0 Å². The zero-order valence-corrected chi connectivity index (χ0v) is 6.38. The molecule has 0 unspecified atom stereocenters. The Morgan fingerprint density at radius 3 is 2.40 bits per heavy atom. The zero-order valence-electron chi connectivity index (χ0n) is 6.38. The molecule has 3 aliphatic carbocycles. The highest BCUT2D eigenvalue weighted by molar-refractivity contribution is 5.14. The van der Waals surface area contributed by atoms with E-state index in [4.69, 9.17) is 0 Å². The van der Waals surface area contributed by atoms with Gasteiger partial charge in [-0.25, -0.2) is 0 Å². The number of hydrogen-bond acceptors (Lipinski definition) is 1. The topological polar surface area (TPSA) is 20.2 Å². The molecule has 0 aromatic carbocycles. The van der Waals surface area contributed by atoms with Crippen molar-refractivity contribution < 1.29 is 5.11 Å². The van der Waals surface area contributed by atoms with E-state index in [9.17, 15) is 5.11 Å². The first-order chi connectivity index (χ1) is 4.69. The Balaban J connectivity index is 2.04. The number of fused-ring (bicyclic) bond motifs is 1. The molecule has 1 nitrogen and oxygen atoms in total. The van der Waals surface area contributed by atoms with Crippen LogP contribution < -0.4 is 0 Å². The Morgan fingerprint density at radius 2 is 2.10 bits per heavy atom. The van der Waals surface area contributed by atoms with Gasteiger partial charge in [-0.1, -0.05) is 0 Å². The summed E-state index contributed by atoms with van der Waals surface area (Å²) >= 11 is 0. The summed E-state index contributed by atoms with van der Waals surface area (Å²) in [5.41, 5.74) is -0.264. The zero-order chi connectivity index (χ0) is 6.93. The smallest absolute Gasteiger partial charge is 0.0678 e. The monoisotopic (exact) mass is 138 g/mol. The molecule has 0 aromatic rings. The van der Waals surface area contributed by atoms with Gasteiger partial charge in [-0.05, 0) is 49.9 Å². The van der Waals surface area contributed by atoms with Crippen LogP contribution in [0.1, 0.15) is 26.2 Å². The Kier molecular flexibility index (Phi) is 0.722. The first-order valence-corrected chi connectivity index (χ1v) is 4.42. The fourth-order valence-corrected chi connectivity index (χ4v) is 3.68. The van der Waals surface area contributed by atoms with Crippen LogP contribution in [0, 0.1) is 23.7 Å². The third-order valence-electron chi connectivity index (χ3n) is 4.40. The summed E-state index contributed by atoms with van der Waals surface area (Å²) in [7, 11) is 0. The molecule has 3 fully saturated rings. The third-order valence-corrected chi connectivity index (χ3v) is 4.40. The van der Waals surface area contributed by atoms with Crippen molar-refractivity contribution in [3.05, 3.63) is 0 Å². The summed E-state index contributed by atoms with van der Waals surface area (Å²) in [6, 6.07) is 0. The van der Waals surface area contributed by atoms with E-state index >= 15 is 0 Å². The van der Waals surface area contributed by atoms with Crippen molar-refractivity contribution in [2.24, 2.45) is 23.7 Å². The Bertz CT molecular complexity index is 179. The van der Waals surface area contributed by atoms with E-state index in [1.165, 1.54) is 19.3 Å². The minimum absolute atomic E-state index is 0.264. The van der Waals surface area contributed by atoms with Gasteiger partial charge in [-0.15, -0.1) is 0 Å². The van der Waals surface area contributed by atoms with Gasteiger partial charge >= 0.3 is 0 Å². The van der Waals surface area contributed by atoms with Crippen LogP contribution in [0.5, 0.6) is 0 Å². The summed E-state index contributed by atoms with van der Waals surface area (Å²) in [5.74, 6) is 3.31. The predicted octanol–water partition coefficient (Wildman–Crippen LogP) is 1.41. The summed E-state index contributed by atoms with van der Waals surface area (Å²) in [4.78, 5) is 0. The highest BCUT2D eigenvalue weighted by atomic mass is 16.3. The van der Waals surface area contributed by atoms with Crippen LogP contribution in [0.4, 0.5) is 0 Å². The summed E-state index contributed by atoms with van der Waals surface area (Å²) in [6.07, 6.45) is 3.99. The molecular formula is C9H14O. The second kappa shape index (κ2) is 1.29. The molecule has 10 heavy (non-hydrogen) atoms. The lowest BCUT2D eigenvalue weighted by molar-refractivity contribution is -0.115. The molecule has 0 aromatic heterocycles. The van der Waals surface area contributed by atoms with Crippen molar-refractivity contribution in [1.82, 2.24) is 0 Å². The maximum Gasteiger partial charge on any atom is 0.0678 e. The molecule has 0 saturated heterocycles. The number of hydrogen-bond donors (Lipinski definition) is 1. The summed E-state index contributed by atoms with van der Waals surface area (Å²) < 4.78 is 0. The Labute approximate surface area is 61.4 Å². The molecule has 0 heterocycles. The molecular weight excluding hydrogens is 124 g/mol. The van der Waals surface area contributed by atoms with E-state index < -0.39 is 0 Å². The SMILES string of the molecule is C[C@]1(O)[C@H]2C[C@H]3C[C@H]1[C@H]3C2. The molecule has 5 atom stereocenters. The highest BCUT2D eigenvalue weighted by Crippen LogP contribution is 2.67. The van der Waals surface area contributed by atoms with E-state index in [-0.39, 0.29) is 5.60 Å². The minimum atomic E-state index is -0.264. The second-order valence-corrected chi connectivity index (χ2v) is 4.66. The van der Waals surface area contributed by atoms with Crippen LogP contribution in [-0.4, -0.2) is 10.7 Å². The van der Waals surface area contributed by atoms with Gasteiger partial charge < -0.3 is 5.11 Å². The minimum Gasteiger partial charge on any atom is -0.390 e. The molecule has 56 valence electrons. The van der Waals surface area contributed by atoms with E-state index in [0.717, 1.165) is 11.8 Å². The van der Waals surface area contributed by atoms with Gasteiger partial charge in [-0.2, -0.15) is 0 Å². The van der Waals surface area contributed by atoms with E-state index in [2.05, 4.69) is 6.92 Å². The maximum atomic E-state index is 9.99. The highest BCUT2D eigenvalue weighted by Gasteiger charge is 2.64. The van der Waals surface area contributed by atoms with Crippen LogP contribution in [-0.2, 0) is 0 Å². The molecule has 1 N–H and O–H groups in total. The van der Waals surface area contributed by atoms with Crippen molar-refractivity contribution in [2.75, 3.05) is 0 Å². The van der Waals surface area contributed by atoms with Crippen LogP contribution in [0.15, 0.2) is 0 Å². The fourth-order valence-electron chi connectivity index (χ4n) is 3.68. The van der Waals surface area contributed by atoms with Gasteiger partial charge in [0.1, 0.15) is 0 Å². The van der Waals surface area contributed by atoms with Crippen LogP contribution in [0.3, 0.4) is 0 Å². The first kappa shape index (κ1) is 5.59. The van der Waals surface area contributed by atoms with Gasteiger partial charge in [0.2, 0.25) is 0 Å². The van der Waals surface area contributed by atoms with Crippen molar-refractivity contribution in [1.29, 1.82) is 0 Å². The number of aliphatic hydroxyl groups is 1. The number of rotatable bonds is 0. The lowest BCUT2D eigenvalue weighted by Gasteiger charge is -2.50. The molecule has 0 spiro atoms. The average Bonchev–Trinajstić information content (AvgIpc) is 2.16. The Hall–Kier alpha value is -0.0400. The van der Waals surface area contributed by atoms with Crippen molar-refractivity contribution >= 4 is 0 Å². The van der Waals surface area contributed by atoms with Gasteiger partial charge in [0.05, 0.1) is 5.60 Å².